The lowest BCUT2D eigenvalue weighted by Gasteiger charge is -2.39. The summed E-state index contributed by atoms with van der Waals surface area (Å²) in [5.41, 5.74) is 1.37. The fourth-order valence-electron chi connectivity index (χ4n) is 2.66. The van der Waals surface area contributed by atoms with Gasteiger partial charge in [0.05, 0.1) is 0 Å². The Labute approximate surface area is 118 Å². The number of halogens is 1. The maximum atomic E-state index is 3.57. The fourth-order valence-corrected chi connectivity index (χ4v) is 3.02. The number of piperidine rings is 1. The van der Waals surface area contributed by atoms with E-state index in [0.717, 1.165) is 6.54 Å². The third-order valence-electron chi connectivity index (χ3n) is 3.53. The van der Waals surface area contributed by atoms with Gasteiger partial charge in [-0.3, -0.25) is 0 Å². The van der Waals surface area contributed by atoms with Crippen LogP contribution in [0.5, 0.6) is 0 Å². The van der Waals surface area contributed by atoms with Gasteiger partial charge in [-0.15, -0.1) is 0 Å². The molecule has 0 radical (unpaired) electrons. The molecule has 1 aromatic rings. The molecule has 1 aliphatic heterocycles. The van der Waals surface area contributed by atoms with Crippen LogP contribution in [0.1, 0.15) is 26.7 Å². The number of hydrogen-bond acceptors (Lipinski definition) is 2. The molecule has 3 heteroatoms. The van der Waals surface area contributed by atoms with E-state index in [0.29, 0.717) is 12.1 Å². The van der Waals surface area contributed by atoms with E-state index in [-0.39, 0.29) is 0 Å². The van der Waals surface area contributed by atoms with Gasteiger partial charge in [-0.05, 0) is 73.2 Å². The van der Waals surface area contributed by atoms with Gasteiger partial charge in [-0.25, -0.2) is 0 Å². The summed E-state index contributed by atoms with van der Waals surface area (Å²) in [5, 5.41) is 3.57. The summed E-state index contributed by atoms with van der Waals surface area (Å²) in [6, 6.07) is 10.2. The molecule has 1 heterocycles. The van der Waals surface area contributed by atoms with Crippen molar-refractivity contribution in [1.29, 1.82) is 0 Å². The largest absolute Gasteiger partial charge is 0.369 e. The molecule has 1 saturated heterocycles. The van der Waals surface area contributed by atoms with Crippen molar-refractivity contribution in [2.24, 2.45) is 0 Å². The molecule has 0 aromatic heterocycles. The van der Waals surface area contributed by atoms with Gasteiger partial charge in [0.15, 0.2) is 0 Å². The first-order chi connectivity index (χ1) is 8.20. The molecule has 2 atom stereocenters. The van der Waals surface area contributed by atoms with Gasteiger partial charge in [0.1, 0.15) is 0 Å². The first kappa shape index (κ1) is 13.1. The summed E-state index contributed by atoms with van der Waals surface area (Å²) in [7, 11) is 0. The van der Waals surface area contributed by atoms with Crippen molar-refractivity contribution in [3.05, 3.63) is 27.8 Å². The first-order valence-corrected chi connectivity index (χ1v) is 7.54. The first-order valence-electron chi connectivity index (χ1n) is 6.46. The molecule has 1 fully saturated rings. The summed E-state index contributed by atoms with van der Waals surface area (Å²) in [5.74, 6) is 0. The van der Waals surface area contributed by atoms with Crippen molar-refractivity contribution in [3.8, 4) is 0 Å². The van der Waals surface area contributed by atoms with E-state index >= 15 is 0 Å². The number of benzene rings is 1. The lowest BCUT2D eigenvalue weighted by Crippen LogP contribution is -2.47. The molecule has 1 aliphatic rings. The van der Waals surface area contributed by atoms with Gasteiger partial charge >= 0.3 is 0 Å². The van der Waals surface area contributed by atoms with Crippen LogP contribution in [-0.2, 0) is 0 Å². The topological polar surface area (TPSA) is 15.3 Å². The van der Waals surface area contributed by atoms with Gasteiger partial charge < -0.3 is 10.2 Å². The number of nitrogens with one attached hydrogen (secondary N) is 1. The van der Waals surface area contributed by atoms with E-state index in [1.807, 2.05) is 0 Å². The second-order valence-electron chi connectivity index (χ2n) is 4.80. The Hall–Kier alpha value is -0.290. The van der Waals surface area contributed by atoms with Crippen molar-refractivity contribution in [2.45, 2.75) is 38.8 Å². The SMILES string of the molecule is CCNC1CCN(c2ccc(I)cc2)C(C)C1. The molecule has 2 nitrogen and oxygen atoms in total. The van der Waals surface area contributed by atoms with E-state index in [1.54, 1.807) is 0 Å². The zero-order valence-corrected chi connectivity index (χ0v) is 12.8. The Bertz CT molecular complexity index is 350. The highest BCUT2D eigenvalue weighted by atomic mass is 127. The van der Waals surface area contributed by atoms with Gasteiger partial charge in [-0.1, -0.05) is 6.92 Å². The zero-order valence-electron chi connectivity index (χ0n) is 10.6. The second kappa shape index (κ2) is 6.05. The quantitative estimate of drug-likeness (QED) is 0.847. The average molecular weight is 344 g/mol. The van der Waals surface area contributed by atoms with E-state index in [2.05, 4.69) is 70.9 Å². The lowest BCUT2D eigenvalue weighted by atomic mass is 9.97. The molecule has 2 rings (SSSR count). The molecular formula is C14H21IN2. The Balaban J connectivity index is 2.01. The monoisotopic (exact) mass is 344 g/mol. The third kappa shape index (κ3) is 3.35. The smallest absolute Gasteiger partial charge is 0.0369 e. The Morgan fingerprint density at radius 1 is 1.35 bits per heavy atom. The van der Waals surface area contributed by atoms with E-state index in [4.69, 9.17) is 0 Å². The molecule has 0 amide bonds. The van der Waals surface area contributed by atoms with Crippen LogP contribution in [0, 0.1) is 3.57 Å². The molecule has 0 bridgehead atoms. The van der Waals surface area contributed by atoms with E-state index < -0.39 is 0 Å². The number of nitrogens with zero attached hydrogens (tertiary/aromatic N) is 1. The maximum Gasteiger partial charge on any atom is 0.0369 e. The molecule has 0 spiro atoms. The Morgan fingerprint density at radius 2 is 2.06 bits per heavy atom. The van der Waals surface area contributed by atoms with Crippen molar-refractivity contribution >= 4 is 28.3 Å². The molecule has 1 N–H and O–H groups in total. The highest BCUT2D eigenvalue weighted by Gasteiger charge is 2.24. The van der Waals surface area contributed by atoms with Crippen LogP contribution in [-0.4, -0.2) is 25.2 Å². The van der Waals surface area contributed by atoms with E-state index in [1.165, 1.54) is 28.6 Å². The molecule has 94 valence electrons. The van der Waals surface area contributed by atoms with Crippen LogP contribution < -0.4 is 10.2 Å². The van der Waals surface area contributed by atoms with Crippen LogP contribution in [0.25, 0.3) is 0 Å². The average Bonchev–Trinajstić information content (AvgIpc) is 2.31. The molecule has 1 aromatic carbocycles. The standard InChI is InChI=1S/C14H21IN2/c1-3-16-13-8-9-17(11(2)10-13)14-6-4-12(15)5-7-14/h4-7,11,13,16H,3,8-10H2,1-2H3. The van der Waals surface area contributed by atoms with Crippen molar-refractivity contribution in [1.82, 2.24) is 5.32 Å². The normalized spacial score (nSPS) is 25.0. The predicted molar refractivity (Wildman–Crippen MR) is 82.7 cm³/mol. The summed E-state index contributed by atoms with van der Waals surface area (Å²) < 4.78 is 1.31. The summed E-state index contributed by atoms with van der Waals surface area (Å²) in [6.07, 6.45) is 2.50. The van der Waals surface area contributed by atoms with Gasteiger partial charge in [0.2, 0.25) is 0 Å². The summed E-state index contributed by atoms with van der Waals surface area (Å²) in [4.78, 5) is 2.53. The van der Waals surface area contributed by atoms with Crippen LogP contribution in [0.2, 0.25) is 0 Å². The molecular weight excluding hydrogens is 323 g/mol. The second-order valence-corrected chi connectivity index (χ2v) is 6.04. The maximum absolute atomic E-state index is 3.57. The van der Waals surface area contributed by atoms with E-state index in [9.17, 15) is 0 Å². The van der Waals surface area contributed by atoms with Crippen LogP contribution in [0.4, 0.5) is 5.69 Å². The third-order valence-corrected chi connectivity index (χ3v) is 4.25. The van der Waals surface area contributed by atoms with Crippen LogP contribution in [0.3, 0.4) is 0 Å². The minimum Gasteiger partial charge on any atom is -0.369 e. The van der Waals surface area contributed by atoms with Gasteiger partial charge in [0.25, 0.3) is 0 Å². The Kier molecular flexibility index (Phi) is 4.68. The number of hydrogen-bond donors (Lipinski definition) is 1. The summed E-state index contributed by atoms with van der Waals surface area (Å²) >= 11 is 2.36. The van der Waals surface area contributed by atoms with Crippen LogP contribution >= 0.6 is 22.6 Å². The Morgan fingerprint density at radius 3 is 2.65 bits per heavy atom. The highest BCUT2D eigenvalue weighted by molar-refractivity contribution is 14.1. The fraction of sp³-hybridized carbons (Fsp3) is 0.571. The molecule has 0 saturated carbocycles. The lowest BCUT2D eigenvalue weighted by molar-refractivity contribution is 0.374. The molecule has 2 unspecified atom stereocenters. The van der Waals surface area contributed by atoms with Crippen molar-refractivity contribution < 1.29 is 0 Å². The molecule has 0 aliphatic carbocycles. The van der Waals surface area contributed by atoms with Gasteiger partial charge in [0, 0.05) is 27.9 Å². The number of rotatable bonds is 3. The zero-order chi connectivity index (χ0) is 12.3. The van der Waals surface area contributed by atoms with Crippen LogP contribution in [0.15, 0.2) is 24.3 Å². The minimum absolute atomic E-state index is 0.632. The van der Waals surface area contributed by atoms with Crippen molar-refractivity contribution in [3.63, 3.8) is 0 Å². The predicted octanol–water partition coefficient (Wildman–Crippen LogP) is 3.26. The van der Waals surface area contributed by atoms with Gasteiger partial charge in [-0.2, -0.15) is 0 Å². The minimum atomic E-state index is 0.632. The van der Waals surface area contributed by atoms with Crippen molar-refractivity contribution in [2.75, 3.05) is 18.0 Å². The summed E-state index contributed by atoms with van der Waals surface area (Å²) in [6.45, 7) is 6.78. The number of anilines is 1. The highest BCUT2D eigenvalue weighted by Crippen LogP contribution is 2.25. The molecule has 17 heavy (non-hydrogen) atoms.